The monoisotopic (exact) mass is 295 g/mol. The molecule has 0 aromatic heterocycles. The fraction of sp³-hybridized carbons (Fsp3) is 0.941. The van der Waals surface area contributed by atoms with Crippen LogP contribution < -0.4 is 10.6 Å². The molecule has 1 aliphatic carbocycles. The minimum atomic E-state index is 0.204. The normalized spacial score (nSPS) is 31.0. The first-order valence-corrected chi connectivity index (χ1v) is 8.63. The maximum atomic E-state index is 5.86. The van der Waals surface area contributed by atoms with E-state index in [1.165, 1.54) is 12.8 Å². The van der Waals surface area contributed by atoms with E-state index in [4.69, 9.17) is 9.73 Å². The summed E-state index contributed by atoms with van der Waals surface area (Å²) in [5.41, 5.74) is 0.204. The summed E-state index contributed by atoms with van der Waals surface area (Å²) in [5.74, 6) is 2.39. The molecule has 1 aliphatic heterocycles. The van der Waals surface area contributed by atoms with Gasteiger partial charge >= 0.3 is 0 Å². The number of nitrogens with one attached hydrogen (secondary N) is 2. The summed E-state index contributed by atoms with van der Waals surface area (Å²) in [4.78, 5) is 4.74. The van der Waals surface area contributed by atoms with Gasteiger partial charge in [0.25, 0.3) is 0 Å². The molecule has 2 fully saturated rings. The average Bonchev–Trinajstić information content (AvgIpc) is 2.87. The van der Waals surface area contributed by atoms with Crippen molar-refractivity contribution in [1.82, 2.24) is 10.6 Å². The summed E-state index contributed by atoms with van der Waals surface area (Å²) in [6, 6.07) is 0.480. The van der Waals surface area contributed by atoms with E-state index < -0.39 is 0 Å². The third-order valence-corrected chi connectivity index (χ3v) is 4.95. The lowest BCUT2D eigenvalue weighted by Gasteiger charge is -2.54. The summed E-state index contributed by atoms with van der Waals surface area (Å²) in [7, 11) is 0. The molecule has 0 radical (unpaired) electrons. The van der Waals surface area contributed by atoms with Crippen LogP contribution in [0.4, 0.5) is 0 Å². The number of ether oxygens (including phenoxy) is 1. The van der Waals surface area contributed by atoms with Gasteiger partial charge in [0.15, 0.2) is 5.96 Å². The zero-order chi connectivity index (χ0) is 15.5. The van der Waals surface area contributed by atoms with Gasteiger partial charge < -0.3 is 15.4 Å². The Hall–Kier alpha value is -0.770. The molecule has 2 N–H and O–H groups in total. The third kappa shape index (κ3) is 3.71. The number of aliphatic imine (C=N–C) groups is 1. The van der Waals surface area contributed by atoms with Crippen molar-refractivity contribution in [3.05, 3.63) is 0 Å². The van der Waals surface area contributed by atoms with Crippen LogP contribution in [0.15, 0.2) is 4.99 Å². The van der Waals surface area contributed by atoms with Gasteiger partial charge in [0, 0.05) is 37.1 Å². The summed E-state index contributed by atoms with van der Waals surface area (Å²) >= 11 is 0. The molecule has 1 heterocycles. The standard InChI is InChI=1S/C17H33N3O/c1-6-18-16(19-10-7-8-12(2)3)20-14-13-9-11-21-15(13)17(14,4)5/h12-15H,6-11H2,1-5H3,(H2,18,19,20). The lowest BCUT2D eigenvalue weighted by Crippen LogP contribution is -2.67. The highest BCUT2D eigenvalue weighted by atomic mass is 16.5. The Morgan fingerprint density at radius 2 is 2.14 bits per heavy atom. The maximum Gasteiger partial charge on any atom is 0.191 e. The number of fused-ring (bicyclic) bond motifs is 1. The third-order valence-electron chi connectivity index (χ3n) is 4.95. The summed E-state index contributed by atoms with van der Waals surface area (Å²) in [6.45, 7) is 14.0. The van der Waals surface area contributed by atoms with Gasteiger partial charge in [0.2, 0.25) is 0 Å². The fourth-order valence-corrected chi connectivity index (χ4v) is 3.77. The van der Waals surface area contributed by atoms with Crippen LogP contribution >= 0.6 is 0 Å². The van der Waals surface area contributed by atoms with E-state index >= 15 is 0 Å². The molecule has 122 valence electrons. The first-order valence-electron chi connectivity index (χ1n) is 8.63. The largest absolute Gasteiger partial charge is 0.377 e. The molecule has 3 unspecified atom stereocenters. The molecular weight excluding hydrogens is 262 g/mol. The van der Waals surface area contributed by atoms with Gasteiger partial charge in [-0.2, -0.15) is 0 Å². The SMILES string of the molecule is CCNC(=NCCCC(C)C)NC1C2CCOC2C1(C)C. The van der Waals surface area contributed by atoms with Crippen molar-refractivity contribution in [2.75, 3.05) is 19.7 Å². The smallest absolute Gasteiger partial charge is 0.191 e. The van der Waals surface area contributed by atoms with Crippen LogP contribution in [0.25, 0.3) is 0 Å². The molecule has 0 bridgehead atoms. The fourth-order valence-electron chi connectivity index (χ4n) is 3.77. The van der Waals surface area contributed by atoms with E-state index in [0.717, 1.165) is 38.0 Å². The van der Waals surface area contributed by atoms with E-state index in [1.54, 1.807) is 0 Å². The molecule has 1 saturated carbocycles. The van der Waals surface area contributed by atoms with Crippen LogP contribution in [0.1, 0.15) is 53.9 Å². The van der Waals surface area contributed by atoms with E-state index in [9.17, 15) is 0 Å². The van der Waals surface area contributed by atoms with Crippen LogP contribution in [-0.2, 0) is 4.74 Å². The molecule has 0 aromatic carbocycles. The Morgan fingerprint density at radius 1 is 1.38 bits per heavy atom. The van der Waals surface area contributed by atoms with Crippen LogP contribution in [-0.4, -0.2) is 37.8 Å². The number of hydrogen-bond acceptors (Lipinski definition) is 2. The van der Waals surface area contributed by atoms with Gasteiger partial charge in [-0.1, -0.05) is 27.7 Å². The van der Waals surface area contributed by atoms with E-state index in [0.29, 0.717) is 18.1 Å². The summed E-state index contributed by atoms with van der Waals surface area (Å²) in [5, 5.41) is 7.05. The molecule has 1 saturated heterocycles. The zero-order valence-electron chi connectivity index (χ0n) is 14.4. The topological polar surface area (TPSA) is 45.7 Å². The van der Waals surface area contributed by atoms with Crippen molar-refractivity contribution in [1.29, 1.82) is 0 Å². The number of rotatable bonds is 6. The highest BCUT2D eigenvalue weighted by molar-refractivity contribution is 5.80. The van der Waals surface area contributed by atoms with Crippen LogP contribution in [0.5, 0.6) is 0 Å². The Morgan fingerprint density at radius 3 is 2.81 bits per heavy atom. The second kappa shape index (κ2) is 6.99. The predicted octanol–water partition coefficient (Wildman–Crippen LogP) is 2.79. The Kier molecular flexibility index (Phi) is 5.53. The van der Waals surface area contributed by atoms with Gasteiger partial charge in [-0.3, -0.25) is 4.99 Å². The summed E-state index contributed by atoms with van der Waals surface area (Å²) in [6.07, 6.45) is 4.02. The molecule has 2 rings (SSSR count). The van der Waals surface area contributed by atoms with Crippen LogP contribution in [0.2, 0.25) is 0 Å². The predicted molar refractivity (Wildman–Crippen MR) is 88.6 cm³/mol. The number of guanidine groups is 1. The lowest BCUT2D eigenvalue weighted by molar-refractivity contribution is -0.106. The van der Waals surface area contributed by atoms with E-state index in [-0.39, 0.29) is 5.41 Å². The van der Waals surface area contributed by atoms with Gasteiger partial charge in [-0.05, 0) is 32.1 Å². The second-order valence-electron chi connectivity index (χ2n) is 7.48. The minimum Gasteiger partial charge on any atom is -0.377 e. The number of nitrogens with zero attached hydrogens (tertiary/aromatic N) is 1. The van der Waals surface area contributed by atoms with Crippen molar-refractivity contribution < 1.29 is 4.74 Å². The quantitative estimate of drug-likeness (QED) is 0.450. The van der Waals surface area contributed by atoms with Crippen molar-refractivity contribution in [2.24, 2.45) is 22.2 Å². The van der Waals surface area contributed by atoms with Crippen molar-refractivity contribution in [3.8, 4) is 0 Å². The molecule has 0 amide bonds. The van der Waals surface area contributed by atoms with Gasteiger partial charge in [0.05, 0.1) is 6.10 Å². The van der Waals surface area contributed by atoms with E-state index in [1.807, 2.05) is 0 Å². The molecule has 3 atom stereocenters. The molecule has 0 aromatic rings. The first-order chi connectivity index (χ1) is 9.96. The van der Waals surface area contributed by atoms with Crippen molar-refractivity contribution in [3.63, 3.8) is 0 Å². The van der Waals surface area contributed by atoms with Crippen molar-refractivity contribution in [2.45, 2.75) is 66.0 Å². The van der Waals surface area contributed by atoms with E-state index in [2.05, 4.69) is 45.3 Å². The number of hydrogen-bond donors (Lipinski definition) is 2. The van der Waals surface area contributed by atoms with Gasteiger partial charge in [-0.15, -0.1) is 0 Å². The molecule has 0 spiro atoms. The Balaban J connectivity index is 1.88. The highest BCUT2D eigenvalue weighted by Crippen LogP contribution is 2.52. The molecule has 4 nitrogen and oxygen atoms in total. The lowest BCUT2D eigenvalue weighted by atomic mass is 9.57. The van der Waals surface area contributed by atoms with Crippen molar-refractivity contribution >= 4 is 5.96 Å². The average molecular weight is 295 g/mol. The van der Waals surface area contributed by atoms with Gasteiger partial charge in [-0.25, -0.2) is 0 Å². The Labute approximate surface area is 130 Å². The first kappa shape index (κ1) is 16.6. The Bertz CT molecular complexity index is 365. The molecule has 2 aliphatic rings. The van der Waals surface area contributed by atoms with Crippen LogP contribution in [0, 0.1) is 17.3 Å². The minimum absolute atomic E-state index is 0.204. The molecular formula is C17H33N3O. The van der Waals surface area contributed by atoms with Crippen LogP contribution in [0.3, 0.4) is 0 Å². The second-order valence-corrected chi connectivity index (χ2v) is 7.48. The highest BCUT2D eigenvalue weighted by Gasteiger charge is 2.59. The zero-order valence-corrected chi connectivity index (χ0v) is 14.4. The maximum absolute atomic E-state index is 5.86. The molecule has 4 heteroatoms. The molecule has 21 heavy (non-hydrogen) atoms. The summed E-state index contributed by atoms with van der Waals surface area (Å²) < 4.78 is 5.86. The van der Waals surface area contributed by atoms with Gasteiger partial charge in [0.1, 0.15) is 0 Å².